The predicted octanol–water partition coefficient (Wildman–Crippen LogP) is 2.70. The second-order valence-corrected chi connectivity index (χ2v) is 4.83. The van der Waals surface area contributed by atoms with Gasteiger partial charge in [0.2, 0.25) is 0 Å². The molecule has 0 bridgehead atoms. The number of hydrogen-bond donors (Lipinski definition) is 1. The highest BCUT2D eigenvalue weighted by atomic mass is 19.1. The summed E-state index contributed by atoms with van der Waals surface area (Å²) in [6, 6.07) is 6.19. The van der Waals surface area contributed by atoms with Crippen molar-refractivity contribution in [1.82, 2.24) is 9.78 Å². The molecule has 1 atom stereocenters. The molecule has 2 rings (SSSR count). The number of aromatic nitrogens is 2. The summed E-state index contributed by atoms with van der Waals surface area (Å²) in [5, 5.41) is 15.0. The molecule has 0 saturated carbocycles. The van der Waals surface area contributed by atoms with Gasteiger partial charge in [-0.1, -0.05) is 13.0 Å². The molecule has 4 nitrogen and oxygen atoms in total. The number of aryl methyl sites for hydroxylation is 1. The summed E-state index contributed by atoms with van der Waals surface area (Å²) in [5.41, 5.74) is -0.842. The van der Waals surface area contributed by atoms with Crippen LogP contribution in [0.2, 0.25) is 0 Å². The standard InChI is InChI=1S/C15H19FN2O2/c1-4-10-18-13(8-9-17-18)15(2,19)14-11(16)6-5-7-12(14)20-3/h5-9,19H,4,10H2,1-3H3. The second kappa shape index (κ2) is 5.63. The van der Waals surface area contributed by atoms with Gasteiger partial charge in [0.15, 0.2) is 0 Å². The summed E-state index contributed by atoms with van der Waals surface area (Å²) in [5.74, 6) is -0.183. The molecule has 1 heterocycles. The second-order valence-electron chi connectivity index (χ2n) is 4.83. The lowest BCUT2D eigenvalue weighted by Crippen LogP contribution is -2.29. The van der Waals surface area contributed by atoms with Crippen LogP contribution in [0.25, 0.3) is 0 Å². The Labute approximate surface area is 117 Å². The Morgan fingerprint density at radius 2 is 2.15 bits per heavy atom. The normalized spacial score (nSPS) is 14.1. The van der Waals surface area contributed by atoms with E-state index in [0.29, 0.717) is 18.0 Å². The number of rotatable bonds is 5. The van der Waals surface area contributed by atoms with E-state index < -0.39 is 11.4 Å². The first-order chi connectivity index (χ1) is 9.52. The Morgan fingerprint density at radius 1 is 1.40 bits per heavy atom. The van der Waals surface area contributed by atoms with Gasteiger partial charge in [-0.25, -0.2) is 4.39 Å². The van der Waals surface area contributed by atoms with Crippen molar-refractivity contribution < 1.29 is 14.2 Å². The minimum absolute atomic E-state index is 0.125. The molecule has 0 aliphatic carbocycles. The average molecular weight is 278 g/mol. The SMILES string of the molecule is CCCn1nccc1C(C)(O)c1c(F)cccc1OC. The van der Waals surface area contributed by atoms with Crippen molar-refractivity contribution in [2.24, 2.45) is 0 Å². The summed E-state index contributed by atoms with van der Waals surface area (Å²) < 4.78 is 21.0. The maximum absolute atomic E-state index is 14.2. The summed E-state index contributed by atoms with van der Waals surface area (Å²) >= 11 is 0. The third kappa shape index (κ3) is 2.41. The van der Waals surface area contributed by atoms with Crippen molar-refractivity contribution in [3.63, 3.8) is 0 Å². The Balaban J connectivity index is 2.57. The van der Waals surface area contributed by atoms with E-state index in [1.54, 1.807) is 36.0 Å². The van der Waals surface area contributed by atoms with Crippen LogP contribution < -0.4 is 4.74 Å². The van der Waals surface area contributed by atoms with Crippen molar-refractivity contribution in [3.05, 3.63) is 47.5 Å². The Kier molecular flexibility index (Phi) is 4.09. The van der Waals surface area contributed by atoms with Gasteiger partial charge < -0.3 is 9.84 Å². The molecular formula is C15H19FN2O2. The van der Waals surface area contributed by atoms with E-state index in [2.05, 4.69) is 5.10 Å². The van der Waals surface area contributed by atoms with Gasteiger partial charge in [-0.3, -0.25) is 4.68 Å². The van der Waals surface area contributed by atoms with E-state index in [0.717, 1.165) is 6.42 Å². The Morgan fingerprint density at radius 3 is 2.80 bits per heavy atom. The molecule has 2 aromatic rings. The van der Waals surface area contributed by atoms with E-state index in [-0.39, 0.29) is 5.56 Å². The van der Waals surface area contributed by atoms with Crippen LogP contribution in [-0.4, -0.2) is 22.0 Å². The quantitative estimate of drug-likeness (QED) is 0.914. The van der Waals surface area contributed by atoms with E-state index in [4.69, 9.17) is 4.74 Å². The summed E-state index contributed by atoms with van der Waals surface area (Å²) in [7, 11) is 1.46. The molecule has 1 unspecified atom stereocenters. The lowest BCUT2D eigenvalue weighted by molar-refractivity contribution is 0.0841. The van der Waals surface area contributed by atoms with E-state index in [1.165, 1.54) is 13.2 Å². The Bertz CT molecular complexity index is 593. The van der Waals surface area contributed by atoms with E-state index in [9.17, 15) is 9.50 Å². The monoisotopic (exact) mass is 278 g/mol. The largest absolute Gasteiger partial charge is 0.496 e. The number of methoxy groups -OCH3 is 1. The minimum Gasteiger partial charge on any atom is -0.496 e. The number of aliphatic hydroxyl groups is 1. The van der Waals surface area contributed by atoms with Gasteiger partial charge in [-0.15, -0.1) is 0 Å². The Hall–Kier alpha value is -1.88. The van der Waals surface area contributed by atoms with Crippen molar-refractivity contribution in [2.75, 3.05) is 7.11 Å². The van der Waals surface area contributed by atoms with Gasteiger partial charge >= 0.3 is 0 Å². The number of ether oxygens (including phenoxy) is 1. The van der Waals surface area contributed by atoms with Crippen LogP contribution in [-0.2, 0) is 12.1 Å². The zero-order valence-electron chi connectivity index (χ0n) is 11.9. The van der Waals surface area contributed by atoms with Crippen molar-refractivity contribution in [3.8, 4) is 5.75 Å². The molecule has 0 fully saturated rings. The fourth-order valence-electron chi connectivity index (χ4n) is 2.41. The molecule has 5 heteroatoms. The molecule has 0 aliphatic rings. The zero-order valence-corrected chi connectivity index (χ0v) is 11.9. The van der Waals surface area contributed by atoms with Crippen molar-refractivity contribution in [2.45, 2.75) is 32.4 Å². The fourth-order valence-corrected chi connectivity index (χ4v) is 2.41. The molecule has 0 radical (unpaired) electrons. The van der Waals surface area contributed by atoms with E-state index in [1.807, 2.05) is 6.92 Å². The van der Waals surface area contributed by atoms with Crippen LogP contribution >= 0.6 is 0 Å². The molecule has 108 valence electrons. The lowest BCUT2D eigenvalue weighted by Gasteiger charge is -2.27. The highest BCUT2D eigenvalue weighted by Crippen LogP contribution is 2.37. The van der Waals surface area contributed by atoms with Crippen LogP contribution in [0.4, 0.5) is 4.39 Å². The maximum Gasteiger partial charge on any atom is 0.135 e. The third-order valence-corrected chi connectivity index (χ3v) is 3.33. The molecule has 1 aromatic heterocycles. The van der Waals surface area contributed by atoms with Gasteiger partial charge in [-0.05, 0) is 31.5 Å². The molecule has 1 aromatic carbocycles. The summed E-state index contributed by atoms with van der Waals surface area (Å²) in [6.45, 7) is 4.23. The van der Waals surface area contributed by atoms with Gasteiger partial charge in [0.1, 0.15) is 17.2 Å². The number of benzene rings is 1. The van der Waals surface area contributed by atoms with Crippen LogP contribution in [0.15, 0.2) is 30.5 Å². The smallest absolute Gasteiger partial charge is 0.135 e. The first-order valence-electron chi connectivity index (χ1n) is 6.60. The predicted molar refractivity (Wildman–Crippen MR) is 74.1 cm³/mol. The van der Waals surface area contributed by atoms with Crippen LogP contribution in [0.3, 0.4) is 0 Å². The van der Waals surface area contributed by atoms with Crippen LogP contribution in [0, 0.1) is 5.82 Å². The highest BCUT2D eigenvalue weighted by Gasteiger charge is 2.35. The topological polar surface area (TPSA) is 47.3 Å². The van der Waals surface area contributed by atoms with Crippen LogP contribution in [0.5, 0.6) is 5.75 Å². The van der Waals surface area contributed by atoms with Crippen molar-refractivity contribution >= 4 is 0 Å². The molecule has 0 aliphatic heterocycles. The number of nitrogens with zero attached hydrogens (tertiary/aromatic N) is 2. The van der Waals surface area contributed by atoms with Crippen LogP contribution in [0.1, 0.15) is 31.5 Å². The van der Waals surface area contributed by atoms with Crippen molar-refractivity contribution in [1.29, 1.82) is 0 Å². The highest BCUT2D eigenvalue weighted by molar-refractivity contribution is 5.43. The lowest BCUT2D eigenvalue weighted by atomic mass is 9.91. The van der Waals surface area contributed by atoms with E-state index >= 15 is 0 Å². The first-order valence-corrected chi connectivity index (χ1v) is 6.60. The molecule has 0 amide bonds. The minimum atomic E-state index is -1.51. The van der Waals surface area contributed by atoms with Gasteiger partial charge in [0.25, 0.3) is 0 Å². The zero-order chi connectivity index (χ0) is 14.8. The third-order valence-electron chi connectivity index (χ3n) is 3.33. The van der Waals surface area contributed by atoms with Gasteiger partial charge in [0.05, 0.1) is 18.4 Å². The summed E-state index contributed by atoms with van der Waals surface area (Å²) in [6.07, 6.45) is 2.48. The molecule has 20 heavy (non-hydrogen) atoms. The molecule has 1 N–H and O–H groups in total. The average Bonchev–Trinajstić information content (AvgIpc) is 2.87. The maximum atomic E-state index is 14.2. The molecule has 0 spiro atoms. The molecule has 0 saturated heterocycles. The van der Waals surface area contributed by atoms with Gasteiger partial charge in [0, 0.05) is 12.7 Å². The molecular weight excluding hydrogens is 259 g/mol. The fraction of sp³-hybridized carbons (Fsp3) is 0.400. The summed E-state index contributed by atoms with van der Waals surface area (Å²) in [4.78, 5) is 0. The number of halogens is 1. The van der Waals surface area contributed by atoms with Gasteiger partial charge in [-0.2, -0.15) is 5.10 Å². The first kappa shape index (κ1) is 14.5. The number of hydrogen-bond acceptors (Lipinski definition) is 3.